The number of benzene rings is 2. The molecule has 0 radical (unpaired) electrons. The Hall–Kier alpha value is -2.29. The van der Waals surface area contributed by atoms with Crippen molar-refractivity contribution >= 4 is 17.3 Å². The second-order valence-corrected chi connectivity index (χ2v) is 5.87. The number of aliphatic imine (C=N–C) groups is 1. The van der Waals surface area contributed by atoms with E-state index >= 15 is 0 Å². The molecular weight excluding hydrogens is 258 g/mol. The Bertz CT molecular complexity index is 718. The van der Waals surface area contributed by atoms with Gasteiger partial charge in [0.05, 0.1) is 5.69 Å². The van der Waals surface area contributed by atoms with E-state index in [4.69, 9.17) is 4.99 Å². The minimum absolute atomic E-state index is 0.949. The van der Waals surface area contributed by atoms with E-state index in [1.54, 1.807) is 0 Å². The summed E-state index contributed by atoms with van der Waals surface area (Å²) in [6.45, 7) is 4.14. The Kier molecular flexibility index (Phi) is 2.92. The molecule has 2 aromatic rings. The summed E-state index contributed by atoms with van der Waals surface area (Å²) in [5, 5.41) is 3.53. The molecular formula is C18H19N3. The molecule has 3 nitrogen and oxygen atoms in total. The van der Waals surface area contributed by atoms with Gasteiger partial charge in [0.2, 0.25) is 5.96 Å². The van der Waals surface area contributed by atoms with Crippen LogP contribution in [0.2, 0.25) is 0 Å². The summed E-state index contributed by atoms with van der Waals surface area (Å²) in [4.78, 5) is 7.20. The normalized spacial score (nSPS) is 16.6. The molecule has 0 amide bonds. The third-order valence-corrected chi connectivity index (χ3v) is 4.26. The van der Waals surface area contributed by atoms with Crippen LogP contribution in [-0.2, 0) is 13.0 Å². The molecule has 0 saturated carbocycles. The van der Waals surface area contributed by atoms with Gasteiger partial charge >= 0.3 is 0 Å². The van der Waals surface area contributed by atoms with Gasteiger partial charge in [0, 0.05) is 18.8 Å². The van der Waals surface area contributed by atoms with Gasteiger partial charge in [0.25, 0.3) is 0 Å². The summed E-state index contributed by atoms with van der Waals surface area (Å²) in [5.41, 5.74) is 6.30. The maximum Gasteiger partial charge on any atom is 0.204 e. The number of nitrogens with zero attached hydrogens (tertiary/aromatic N) is 2. The van der Waals surface area contributed by atoms with Crippen molar-refractivity contribution in [1.82, 2.24) is 4.90 Å². The monoisotopic (exact) mass is 277 g/mol. The van der Waals surface area contributed by atoms with Crippen LogP contribution in [-0.4, -0.2) is 17.4 Å². The highest BCUT2D eigenvalue weighted by Crippen LogP contribution is 2.29. The van der Waals surface area contributed by atoms with Gasteiger partial charge in [-0.2, -0.15) is 0 Å². The van der Waals surface area contributed by atoms with Gasteiger partial charge in [-0.15, -0.1) is 0 Å². The van der Waals surface area contributed by atoms with Crippen molar-refractivity contribution in [3.63, 3.8) is 0 Å². The average molecular weight is 277 g/mol. The predicted octanol–water partition coefficient (Wildman–Crippen LogP) is 3.86. The van der Waals surface area contributed by atoms with Crippen molar-refractivity contribution in [1.29, 1.82) is 0 Å². The average Bonchev–Trinajstić information content (AvgIpc) is 2.47. The minimum atomic E-state index is 0.949. The van der Waals surface area contributed by atoms with Gasteiger partial charge in [-0.25, -0.2) is 4.99 Å². The fourth-order valence-electron chi connectivity index (χ4n) is 3.15. The van der Waals surface area contributed by atoms with E-state index < -0.39 is 0 Å². The van der Waals surface area contributed by atoms with E-state index in [1.165, 1.54) is 28.8 Å². The molecule has 0 saturated heterocycles. The lowest BCUT2D eigenvalue weighted by atomic mass is 10.0. The number of para-hydroxylation sites is 1. The molecule has 106 valence electrons. The number of guanidine groups is 1. The number of aryl methyl sites for hydroxylation is 2. The smallest absolute Gasteiger partial charge is 0.204 e. The fourth-order valence-corrected chi connectivity index (χ4v) is 3.15. The second-order valence-electron chi connectivity index (χ2n) is 5.87. The predicted molar refractivity (Wildman–Crippen MR) is 87.1 cm³/mol. The lowest BCUT2D eigenvalue weighted by Crippen LogP contribution is -2.39. The zero-order chi connectivity index (χ0) is 14.2. The molecule has 2 aromatic carbocycles. The molecule has 0 bridgehead atoms. The quantitative estimate of drug-likeness (QED) is 0.792. The summed E-state index contributed by atoms with van der Waals surface area (Å²) in [5.74, 6) is 0.985. The van der Waals surface area contributed by atoms with Crippen molar-refractivity contribution in [2.75, 3.05) is 11.9 Å². The molecule has 0 unspecified atom stereocenters. The van der Waals surface area contributed by atoms with Gasteiger partial charge in [0.15, 0.2) is 0 Å². The van der Waals surface area contributed by atoms with Gasteiger partial charge in [-0.3, -0.25) is 0 Å². The third-order valence-electron chi connectivity index (χ3n) is 4.26. The zero-order valence-corrected chi connectivity index (χ0v) is 12.3. The topological polar surface area (TPSA) is 27.6 Å². The first-order valence-electron chi connectivity index (χ1n) is 7.58. The van der Waals surface area contributed by atoms with E-state index in [9.17, 15) is 0 Å². The SMILES string of the molecule is Cc1ccc2c(c1)CN1CCCc3ccccc3NC1=N2. The van der Waals surface area contributed by atoms with E-state index in [2.05, 4.69) is 59.6 Å². The number of nitrogens with one attached hydrogen (secondary N) is 1. The van der Waals surface area contributed by atoms with E-state index in [1.807, 2.05) is 0 Å². The van der Waals surface area contributed by atoms with Crippen LogP contribution in [0, 0.1) is 6.92 Å². The molecule has 0 aromatic heterocycles. The van der Waals surface area contributed by atoms with Crippen LogP contribution in [0.3, 0.4) is 0 Å². The standard InChI is InChI=1S/C18H19N3/c1-13-8-9-17-15(11-13)12-21-10-4-6-14-5-2-3-7-16(14)19-18(21)20-17/h2-3,5,7-9,11H,4,6,10,12H2,1H3,(H,19,20). The molecule has 0 atom stereocenters. The van der Waals surface area contributed by atoms with E-state index in [0.29, 0.717) is 0 Å². The minimum Gasteiger partial charge on any atom is -0.338 e. The van der Waals surface area contributed by atoms with Gasteiger partial charge in [-0.05, 0) is 43.0 Å². The Labute approximate surface area is 125 Å². The molecule has 0 fully saturated rings. The van der Waals surface area contributed by atoms with Crippen molar-refractivity contribution in [3.05, 3.63) is 59.2 Å². The summed E-state index contributed by atoms with van der Waals surface area (Å²) in [6, 6.07) is 15.1. The van der Waals surface area contributed by atoms with Crippen molar-refractivity contribution in [2.45, 2.75) is 26.3 Å². The number of rotatable bonds is 0. The first kappa shape index (κ1) is 12.5. The van der Waals surface area contributed by atoms with Crippen LogP contribution in [0.15, 0.2) is 47.5 Å². The third kappa shape index (κ3) is 2.29. The highest BCUT2D eigenvalue weighted by molar-refractivity contribution is 5.97. The number of anilines is 1. The maximum atomic E-state index is 4.84. The number of hydrogen-bond donors (Lipinski definition) is 1. The first-order valence-corrected chi connectivity index (χ1v) is 7.58. The van der Waals surface area contributed by atoms with Gasteiger partial charge in [-0.1, -0.05) is 35.9 Å². The van der Waals surface area contributed by atoms with Gasteiger partial charge < -0.3 is 10.2 Å². The number of fused-ring (bicyclic) bond motifs is 3. The summed E-state index contributed by atoms with van der Waals surface area (Å²) >= 11 is 0. The summed E-state index contributed by atoms with van der Waals surface area (Å²) in [6.07, 6.45) is 2.28. The van der Waals surface area contributed by atoms with Crippen LogP contribution < -0.4 is 5.32 Å². The molecule has 2 aliphatic heterocycles. The second kappa shape index (κ2) is 4.92. The van der Waals surface area contributed by atoms with Crippen molar-refractivity contribution < 1.29 is 0 Å². The van der Waals surface area contributed by atoms with Crippen LogP contribution in [0.5, 0.6) is 0 Å². The highest BCUT2D eigenvalue weighted by atomic mass is 15.3. The summed E-state index contributed by atoms with van der Waals surface area (Å²) < 4.78 is 0. The fraction of sp³-hybridized carbons (Fsp3) is 0.278. The zero-order valence-electron chi connectivity index (χ0n) is 12.3. The molecule has 4 rings (SSSR count). The molecule has 0 spiro atoms. The molecule has 21 heavy (non-hydrogen) atoms. The lowest BCUT2D eigenvalue weighted by Gasteiger charge is -2.33. The van der Waals surface area contributed by atoms with Crippen LogP contribution in [0.4, 0.5) is 11.4 Å². The Balaban J connectivity index is 1.76. The molecule has 1 N–H and O–H groups in total. The van der Waals surface area contributed by atoms with Crippen molar-refractivity contribution in [3.8, 4) is 0 Å². The van der Waals surface area contributed by atoms with E-state index in [-0.39, 0.29) is 0 Å². The molecule has 2 aliphatic rings. The first-order chi connectivity index (χ1) is 10.3. The Morgan fingerprint density at radius 1 is 1.10 bits per heavy atom. The Morgan fingerprint density at radius 2 is 2.00 bits per heavy atom. The van der Waals surface area contributed by atoms with Gasteiger partial charge in [0.1, 0.15) is 0 Å². The lowest BCUT2D eigenvalue weighted by molar-refractivity contribution is 0.396. The highest BCUT2D eigenvalue weighted by Gasteiger charge is 2.22. The largest absolute Gasteiger partial charge is 0.338 e. The van der Waals surface area contributed by atoms with E-state index in [0.717, 1.165) is 31.2 Å². The number of hydrogen-bond acceptors (Lipinski definition) is 3. The Morgan fingerprint density at radius 3 is 2.95 bits per heavy atom. The molecule has 2 heterocycles. The van der Waals surface area contributed by atoms with Crippen LogP contribution in [0.1, 0.15) is 23.1 Å². The molecule has 3 heteroatoms. The summed E-state index contributed by atoms with van der Waals surface area (Å²) in [7, 11) is 0. The maximum absolute atomic E-state index is 4.84. The van der Waals surface area contributed by atoms with Crippen LogP contribution >= 0.6 is 0 Å². The molecule has 0 aliphatic carbocycles. The van der Waals surface area contributed by atoms with Crippen molar-refractivity contribution in [2.24, 2.45) is 4.99 Å². The van der Waals surface area contributed by atoms with Crippen LogP contribution in [0.25, 0.3) is 0 Å².